The highest BCUT2D eigenvalue weighted by Gasteiger charge is 2.01. The number of nitrogens with one attached hydrogen (secondary N) is 1. The molecule has 0 aliphatic carbocycles. The van der Waals surface area contributed by atoms with Gasteiger partial charge in [0.15, 0.2) is 0 Å². The maximum atomic E-state index is 7.19. The van der Waals surface area contributed by atoms with Gasteiger partial charge in [0.2, 0.25) is 5.96 Å². The molecule has 0 amide bonds. The van der Waals surface area contributed by atoms with Gasteiger partial charge in [-0.15, -0.1) is 0 Å². The van der Waals surface area contributed by atoms with Crippen LogP contribution in [0, 0.1) is 5.41 Å². The first-order valence-corrected chi connectivity index (χ1v) is 4.22. The van der Waals surface area contributed by atoms with Crippen molar-refractivity contribution < 1.29 is 0 Å². The Morgan fingerprint density at radius 3 is 2.50 bits per heavy atom. The molecular formula is C10H10N4. The van der Waals surface area contributed by atoms with Gasteiger partial charge in [0.05, 0.1) is 6.20 Å². The Labute approximate surface area is 81.5 Å². The van der Waals surface area contributed by atoms with Gasteiger partial charge in [-0.05, 0) is 5.56 Å². The van der Waals surface area contributed by atoms with E-state index in [1.165, 1.54) is 4.68 Å². The van der Waals surface area contributed by atoms with Gasteiger partial charge < -0.3 is 5.73 Å². The van der Waals surface area contributed by atoms with Crippen molar-refractivity contribution in [2.24, 2.45) is 5.73 Å². The van der Waals surface area contributed by atoms with E-state index in [2.05, 4.69) is 5.10 Å². The Morgan fingerprint density at radius 1 is 1.21 bits per heavy atom. The van der Waals surface area contributed by atoms with E-state index in [4.69, 9.17) is 11.1 Å². The van der Waals surface area contributed by atoms with Crippen LogP contribution in [0.25, 0.3) is 11.1 Å². The molecule has 4 heteroatoms. The Hall–Kier alpha value is -2.10. The summed E-state index contributed by atoms with van der Waals surface area (Å²) in [6, 6.07) is 9.85. The van der Waals surface area contributed by atoms with Crippen LogP contribution in [0.5, 0.6) is 0 Å². The lowest BCUT2D eigenvalue weighted by atomic mass is 10.1. The number of hydrogen-bond donors (Lipinski definition) is 2. The molecule has 4 nitrogen and oxygen atoms in total. The molecule has 0 spiro atoms. The molecule has 0 aliphatic heterocycles. The molecule has 14 heavy (non-hydrogen) atoms. The summed E-state index contributed by atoms with van der Waals surface area (Å²) in [7, 11) is 0. The van der Waals surface area contributed by atoms with Crippen LogP contribution in [0.2, 0.25) is 0 Å². The first-order valence-electron chi connectivity index (χ1n) is 4.22. The van der Waals surface area contributed by atoms with Crippen molar-refractivity contribution in [2.75, 3.05) is 0 Å². The van der Waals surface area contributed by atoms with Gasteiger partial charge in [-0.2, -0.15) is 5.10 Å². The van der Waals surface area contributed by atoms with Crippen molar-refractivity contribution >= 4 is 5.96 Å². The quantitative estimate of drug-likeness (QED) is 0.520. The van der Waals surface area contributed by atoms with Crippen LogP contribution in [0.3, 0.4) is 0 Å². The highest BCUT2D eigenvalue weighted by molar-refractivity contribution is 5.77. The van der Waals surface area contributed by atoms with E-state index in [0.717, 1.165) is 11.1 Å². The number of benzene rings is 1. The molecule has 1 aromatic heterocycles. The molecule has 2 aromatic rings. The SMILES string of the molecule is N=C(N)n1cc(-c2ccccc2)cn1. The van der Waals surface area contributed by atoms with Crippen LogP contribution < -0.4 is 5.73 Å². The number of aromatic nitrogens is 2. The first kappa shape index (κ1) is 8.50. The number of hydrogen-bond acceptors (Lipinski definition) is 2. The van der Waals surface area contributed by atoms with Crippen molar-refractivity contribution in [1.29, 1.82) is 5.41 Å². The average molecular weight is 186 g/mol. The standard InChI is InChI=1S/C10H10N4/c11-10(12)14-7-9(6-13-14)8-4-2-1-3-5-8/h1-7H,(H3,11,12). The largest absolute Gasteiger partial charge is 0.368 e. The maximum absolute atomic E-state index is 7.19. The lowest BCUT2D eigenvalue weighted by Crippen LogP contribution is -2.20. The average Bonchev–Trinajstić information content (AvgIpc) is 2.68. The number of nitrogens with zero attached hydrogens (tertiary/aromatic N) is 2. The lowest BCUT2D eigenvalue weighted by Gasteiger charge is -1.95. The second-order valence-corrected chi connectivity index (χ2v) is 2.92. The number of nitrogens with two attached hydrogens (primary N) is 1. The number of rotatable bonds is 1. The first-order chi connectivity index (χ1) is 6.77. The van der Waals surface area contributed by atoms with Crippen LogP contribution in [0.15, 0.2) is 42.7 Å². The zero-order valence-electron chi connectivity index (χ0n) is 7.51. The topological polar surface area (TPSA) is 67.7 Å². The van der Waals surface area contributed by atoms with E-state index in [1.54, 1.807) is 12.4 Å². The Morgan fingerprint density at radius 2 is 1.93 bits per heavy atom. The third-order valence-corrected chi connectivity index (χ3v) is 1.94. The van der Waals surface area contributed by atoms with E-state index in [9.17, 15) is 0 Å². The van der Waals surface area contributed by atoms with Crippen LogP contribution >= 0.6 is 0 Å². The molecule has 0 aliphatic rings. The van der Waals surface area contributed by atoms with E-state index < -0.39 is 0 Å². The van der Waals surface area contributed by atoms with E-state index in [0.29, 0.717) is 0 Å². The van der Waals surface area contributed by atoms with Crippen molar-refractivity contribution in [2.45, 2.75) is 0 Å². The lowest BCUT2D eigenvalue weighted by molar-refractivity contribution is 0.912. The Balaban J connectivity index is 2.39. The van der Waals surface area contributed by atoms with Gasteiger partial charge in [0, 0.05) is 11.8 Å². The van der Waals surface area contributed by atoms with E-state index in [1.807, 2.05) is 30.3 Å². The van der Waals surface area contributed by atoms with Crippen molar-refractivity contribution in [3.05, 3.63) is 42.7 Å². The summed E-state index contributed by atoms with van der Waals surface area (Å²) in [6.07, 6.45) is 3.42. The summed E-state index contributed by atoms with van der Waals surface area (Å²) in [6.45, 7) is 0. The predicted molar refractivity (Wildman–Crippen MR) is 55.0 cm³/mol. The molecule has 1 aromatic carbocycles. The molecule has 0 bridgehead atoms. The third-order valence-electron chi connectivity index (χ3n) is 1.94. The summed E-state index contributed by atoms with van der Waals surface area (Å²) in [5.74, 6) is -0.0767. The second-order valence-electron chi connectivity index (χ2n) is 2.92. The van der Waals surface area contributed by atoms with Crippen molar-refractivity contribution in [3.63, 3.8) is 0 Å². The molecule has 0 unspecified atom stereocenters. The Kier molecular flexibility index (Phi) is 2.02. The number of nitrogen functional groups attached to an aromatic ring is 1. The van der Waals surface area contributed by atoms with Gasteiger partial charge in [-0.1, -0.05) is 30.3 Å². The summed E-state index contributed by atoms with van der Waals surface area (Å²) in [5, 5.41) is 11.1. The molecule has 0 atom stereocenters. The van der Waals surface area contributed by atoms with E-state index in [-0.39, 0.29) is 5.96 Å². The van der Waals surface area contributed by atoms with Crippen LogP contribution in [0.4, 0.5) is 0 Å². The summed E-state index contributed by atoms with van der Waals surface area (Å²) >= 11 is 0. The van der Waals surface area contributed by atoms with Crippen LogP contribution in [0.1, 0.15) is 0 Å². The minimum Gasteiger partial charge on any atom is -0.368 e. The molecular weight excluding hydrogens is 176 g/mol. The highest BCUT2D eigenvalue weighted by atomic mass is 15.3. The molecule has 2 rings (SSSR count). The molecule has 0 radical (unpaired) electrons. The fourth-order valence-corrected chi connectivity index (χ4v) is 1.23. The minimum absolute atomic E-state index is 0.0767. The van der Waals surface area contributed by atoms with Gasteiger partial charge in [-0.25, -0.2) is 4.68 Å². The van der Waals surface area contributed by atoms with Crippen molar-refractivity contribution in [3.8, 4) is 11.1 Å². The van der Waals surface area contributed by atoms with Gasteiger partial charge >= 0.3 is 0 Å². The molecule has 0 fully saturated rings. The zero-order chi connectivity index (χ0) is 9.97. The maximum Gasteiger partial charge on any atom is 0.213 e. The molecule has 0 saturated heterocycles. The molecule has 70 valence electrons. The predicted octanol–water partition coefficient (Wildman–Crippen LogP) is 1.29. The van der Waals surface area contributed by atoms with Gasteiger partial charge in [0.1, 0.15) is 0 Å². The molecule has 1 heterocycles. The summed E-state index contributed by atoms with van der Waals surface area (Å²) < 4.78 is 1.34. The van der Waals surface area contributed by atoms with E-state index >= 15 is 0 Å². The van der Waals surface area contributed by atoms with Crippen molar-refractivity contribution in [1.82, 2.24) is 9.78 Å². The Bertz CT molecular complexity index is 444. The van der Waals surface area contributed by atoms with Crippen LogP contribution in [-0.2, 0) is 0 Å². The minimum atomic E-state index is -0.0767. The molecule has 0 saturated carbocycles. The summed E-state index contributed by atoms with van der Waals surface area (Å²) in [4.78, 5) is 0. The fraction of sp³-hybridized carbons (Fsp3) is 0. The normalized spacial score (nSPS) is 10.0. The summed E-state index contributed by atoms with van der Waals surface area (Å²) in [5.41, 5.74) is 7.32. The zero-order valence-corrected chi connectivity index (χ0v) is 7.51. The third kappa shape index (κ3) is 1.50. The second kappa shape index (κ2) is 3.33. The fourth-order valence-electron chi connectivity index (χ4n) is 1.23. The van der Waals surface area contributed by atoms with Crippen LogP contribution in [-0.4, -0.2) is 15.7 Å². The van der Waals surface area contributed by atoms with Gasteiger partial charge in [0.25, 0.3) is 0 Å². The monoisotopic (exact) mass is 186 g/mol. The smallest absolute Gasteiger partial charge is 0.213 e. The molecule has 3 N–H and O–H groups in total. The van der Waals surface area contributed by atoms with Gasteiger partial charge in [-0.3, -0.25) is 5.41 Å². The highest BCUT2D eigenvalue weighted by Crippen LogP contribution is 2.16.